The molecule has 4 nitrogen and oxygen atoms in total. The molecule has 1 saturated heterocycles. The number of piperidine rings is 1. The second-order valence-corrected chi connectivity index (χ2v) is 6.68. The monoisotopic (exact) mass is 319 g/mol. The third-order valence-corrected chi connectivity index (χ3v) is 4.22. The molecule has 21 heavy (non-hydrogen) atoms. The minimum atomic E-state index is -0.711. The van der Waals surface area contributed by atoms with Crippen molar-refractivity contribution in [3.05, 3.63) is 0 Å². The quantitative estimate of drug-likeness (QED) is 0.676. The molecule has 0 saturated carbocycles. The topological polar surface area (TPSA) is 58.4 Å². The summed E-state index contributed by atoms with van der Waals surface area (Å²) in [7, 11) is 0. The van der Waals surface area contributed by atoms with Crippen molar-refractivity contribution in [2.75, 3.05) is 26.2 Å². The molecule has 2 unspecified atom stereocenters. The van der Waals surface area contributed by atoms with Gasteiger partial charge in [-0.2, -0.15) is 0 Å². The molecule has 0 aromatic carbocycles. The van der Waals surface area contributed by atoms with Gasteiger partial charge in [0.2, 0.25) is 5.91 Å². The molecular weight excluding hydrogens is 286 g/mol. The van der Waals surface area contributed by atoms with E-state index >= 15 is 0 Å². The Morgan fingerprint density at radius 1 is 1.43 bits per heavy atom. The summed E-state index contributed by atoms with van der Waals surface area (Å²) >= 11 is 0. The lowest BCUT2D eigenvalue weighted by molar-refractivity contribution is -0.126. The molecule has 1 heterocycles. The van der Waals surface area contributed by atoms with Crippen LogP contribution < -0.4 is 11.1 Å². The van der Waals surface area contributed by atoms with Crippen molar-refractivity contribution in [2.45, 2.75) is 64.8 Å². The van der Waals surface area contributed by atoms with Gasteiger partial charge in [-0.25, -0.2) is 0 Å². The van der Waals surface area contributed by atoms with Crippen LogP contribution in [0.2, 0.25) is 0 Å². The Morgan fingerprint density at radius 3 is 2.76 bits per heavy atom. The number of likely N-dealkylation sites (tertiary alicyclic amines) is 1. The molecule has 0 spiro atoms. The number of hydrogen-bond acceptors (Lipinski definition) is 3. The Morgan fingerprint density at radius 2 is 2.14 bits per heavy atom. The van der Waals surface area contributed by atoms with Crippen LogP contribution in [0.3, 0.4) is 0 Å². The van der Waals surface area contributed by atoms with Crippen molar-refractivity contribution in [1.29, 1.82) is 0 Å². The van der Waals surface area contributed by atoms with E-state index in [9.17, 15) is 4.79 Å². The lowest BCUT2D eigenvalue weighted by atomic mass is 9.96. The van der Waals surface area contributed by atoms with E-state index in [1.165, 1.54) is 25.9 Å². The highest BCUT2D eigenvalue weighted by Crippen LogP contribution is 2.15. The Bertz CT molecular complexity index is 297. The molecular formula is C16H34ClN3O. The molecule has 1 rings (SSSR count). The average Bonchev–Trinajstić information content (AvgIpc) is 2.38. The summed E-state index contributed by atoms with van der Waals surface area (Å²) in [6.45, 7) is 10.6. The number of halogens is 1. The van der Waals surface area contributed by atoms with Gasteiger partial charge in [-0.05, 0) is 58.0 Å². The highest BCUT2D eigenvalue weighted by Gasteiger charge is 2.26. The standard InChI is InChI=1S/C16H33N3O.ClH/c1-4-9-16(3,17)15(20)18-10-5-6-11-19-12-7-8-14(2)13-19;/h14H,4-13,17H2,1-3H3,(H,18,20);1H. The van der Waals surface area contributed by atoms with Crippen molar-refractivity contribution in [1.82, 2.24) is 10.2 Å². The van der Waals surface area contributed by atoms with Crippen LogP contribution in [0, 0.1) is 5.92 Å². The summed E-state index contributed by atoms with van der Waals surface area (Å²) in [6, 6.07) is 0. The van der Waals surface area contributed by atoms with Gasteiger partial charge in [0.25, 0.3) is 0 Å². The second-order valence-electron chi connectivity index (χ2n) is 6.68. The van der Waals surface area contributed by atoms with E-state index < -0.39 is 5.54 Å². The van der Waals surface area contributed by atoms with Crippen LogP contribution in [0.15, 0.2) is 0 Å². The van der Waals surface area contributed by atoms with Crippen LogP contribution >= 0.6 is 12.4 Å². The fourth-order valence-electron chi connectivity index (χ4n) is 2.99. The van der Waals surface area contributed by atoms with Gasteiger partial charge in [0.05, 0.1) is 5.54 Å². The van der Waals surface area contributed by atoms with E-state index in [0.29, 0.717) is 0 Å². The SMILES string of the molecule is CCCC(C)(N)C(=O)NCCCCN1CCCC(C)C1.Cl. The lowest BCUT2D eigenvalue weighted by Crippen LogP contribution is -2.51. The van der Waals surface area contributed by atoms with Gasteiger partial charge < -0.3 is 16.0 Å². The minimum Gasteiger partial charge on any atom is -0.355 e. The first-order chi connectivity index (χ1) is 9.45. The number of amides is 1. The summed E-state index contributed by atoms with van der Waals surface area (Å²) in [5, 5.41) is 2.97. The van der Waals surface area contributed by atoms with Gasteiger partial charge in [-0.15, -0.1) is 12.4 Å². The molecule has 0 aliphatic carbocycles. The third-order valence-electron chi connectivity index (χ3n) is 4.22. The Kier molecular flexibility index (Phi) is 10.3. The van der Waals surface area contributed by atoms with Crippen molar-refractivity contribution in [2.24, 2.45) is 11.7 Å². The molecule has 0 aromatic rings. The maximum Gasteiger partial charge on any atom is 0.239 e. The minimum absolute atomic E-state index is 0. The van der Waals surface area contributed by atoms with Crippen LogP contribution in [0.5, 0.6) is 0 Å². The zero-order valence-corrected chi connectivity index (χ0v) is 14.8. The van der Waals surface area contributed by atoms with Crippen LogP contribution in [-0.2, 0) is 4.79 Å². The smallest absolute Gasteiger partial charge is 0.239 e. The second kappa shape index (κ2) is 10.4. The number of nitrogens with one attached hydrogen (secondary N) is 1. The first-order valence-corrected chi connectivity index (χ1v) is 8.25. The molecule has 2 atom stereocenters. The van der Waals surface area contributed by atoms with Gasteiger partial charge in [-0.1, -0.05) is 20.3 Å². The van der Waals surface area contributed by atoms with Gasteiger partial charge in [-0.3, -0.25) is 4.79 Å². The van der Waals surface area contributed by atoms with Gasteiger partial charge in [0.15, 0.2) is 0 Å². The molecule has 0 bridgehead atoms. The molecule has 1 amide bonds. The van der Waals surface area contributed by atoms with Crippen LogP contribution in [0.1, 0.15) is 59.3 Å². The highest BCUT2D eigenvalue weighted by atomic mass is 35.5. The number of rotatable bonds is 8. The fourth-order valence-corrected chi connectivity index (χ4v) is 2.99. The summed E-state index contributed by atoms with van der Waals surface area (Å²) in [5.41, 5.74) is 5.29. The number of carbonyl (C=O) groups is 1. The zero-order valence-electron chi connectivity index (χ0n) is 14.0. The summed E-state index contributed by atoms with van der Waals surface area (Å²) in [4.78, 5) is 14.5. The van der Waals surface area contributed by atoms with Crippen molar-refractivity contribution in [3.63, 3.8) is 0 Å². The predicted molar refractivity (Wildman–Crippen MR) is 91.8 cm³/mol. The van der Waals surface area contributed by atoms with Gasteiger partial charge in [0, 0.05) is 13.1 Å². The maximum atomic E-state index is 11.9. The highest BCUT2D eigenvalue weighted by molar-refractivity contribution is 5.85. The van der Waals surface area contributed by atoms with E-state index in [1.807, 2.05) is 6.92 Å². The molecule has 5 heteroatoms. The van der Waals surface area contributed by atoms with E-state index in [0.717, 1.165) is 44.7 Å². The van der Waals surface area contributed by atoms with Gasteiger partial charge in [0.1, 0.15) is 0 Å². The average molecular weight is 320 g/mol. The maximum absolute atomic E-state index is 11.9. The van der Waals surface area contributed by atoms with Gasteiger partial charge >= 0.3 is 0 Å². The Labute approximate surface area is 136 Å². The summed E-state index contributed by atoms with van der Waals surface area (Å²) in [5.74, 6) is 0.835. The van der Waals surface area contributed by atoms with Crippen LogP contribution in [0.4, 0.5) is 0 Å². The summed E-state index contributed by atoms with van der Waals surface area (Å²) in [6.07, 6.45) is 6.58. The van der Waals surface area contributed by atoms with Crippen molar-refractivity contribution < 1.29 is 4.79 Å². The molecule has 3 N–H and O–H groups in total. The lowest BCUT2D eigenvalue weighted by Gasteiger charge is -2.30. The first kappa shape index (κ1) is 20.7. The molecule has 0 aromatic heterocycles. The third kappa shape index (κ3) is 8.03. The van der Waals surface area contributed by atoms with E-state index in [4.69, 9.17) is 5.73 Å². The van der Waals surface area contributed by atoms with Crippen molar-refractivity contribution in [3.8, 4) is 0 Å². The molecule has 1 fully saturated rings. The fraction of sp³-hybridized carbons (Fsp3) is 0.938. The largest absolute Gasteiger partial charge is 0.355 e. The first-order valence-electron chi connectivity index (χ1n) is 8.25. The summed E-state index contributed by atoms with van der Waals surface area (Å²) < 4.78 is 0. The number of unbranched alkanes of at least 4 members (excludes halogenated alkanes) is 1. The van der Waals surface area contributed by atoms with E-state index in [1.54, 1.807) is 0 Å². The molecule has 1 aliphatic heterocycles. The van der Waals surface area contributed by atoms with Crippen LogP contribution in [-0.4, -0.2) is 42.5 Å². The molecule has 126 valence electrons. The zero-order chi connectivity index (χ0) is 15.0. The molecule has 1 aliphatic rings. The predicted octanol–water partition coefficient (Wildman–Crippen LogP) is 2.55. The van der Waals surface area contributed by atoms with E-state index in [2.05, 4.69) is 24.1 Å². The Hall–Kier alpha value is -0.320. The number of carbonyl (C=O) groups excluding carboxylic acids is 1. The van der Waals surface area contributed by atoms with E-state index in [-0.39, 0.29) is 18.3 Å². The normalized spacial score (nSPS) is 22.2. The molecule has 0 radical (unpaired) electrons. The Balaban J connectivity index is 0.00000400. The number of hydrogen-bond donors (Lipinski definition) is 2. The number of nitrogens with two attached hydrogens (primary N) is 1. The number of nitrogens with zero attached hydrogens (tertiary/aromatic N) is 1. The van der Waals surface area contributed by atoms with Crippen molar-refractivity contribution >= 4 is 18.3 Å². The van der Waals surface area contributed by atoms with Crippen LogP contribution in [0.25, 0.3) is 0 Å².